The Labute approximate surface area is 177 Å². The van der Waals surface area contributed by atoms with Crippen molar-refractivity contribution in [3.8, 4) is 0 Å². The molecule has 1 aromatic heterocycles. The van der Waals surface area contributed by atoms with E-state index in [1.54, 1.807) is 37.4 Å². The van der Waals surface area contributed by atoms with E-state index in [4.69, 9.17) is 0 Å². The van der Waals surface area contributed by atoms with Gasteiger partial charge in [0.15, 0.2) is 0 Å². The van der Waals surface area contributed by atoms with Crippen molar-refractivity contribution in [1.82, 2.24) is 9.29 Å². The minimum atomic E-state index is -3.76. The molecule has 6 nitrogen and oxygen atoms in total. The van der Waals surface area contributed by atoms with Gasteiger partial charge in [0.25, 0.3) is 0 Å². The third kappa shape index (κ3) is 5.52. The van der Waals surface area contributed by atoms with Crippen molar-refractivity contribution < 1.29 is 13.2 Å². The van der Waals surface area contributed by atoms with Crippen molar-refractivity contribution in [3.63, 3.8) is 0 Å². The molecule has 1 amide bonds. The zero-order chi connectivity index (χ0) is 21.6. The molecule has 2 aromatic carbocycles. The number of carbonyl (C=O) groups excluding carboxylic acids is 1. The molecule has 0 atom stereocenters. The number of hydrogen-bond donors (Lipinski definition) is 1. The average Bonchev–Trinajstić information content (AvgIpc) is 2.72. The Bertz CT molecular complexity index is 1100. The van der Waals surface area contributed by atoms with Crippen LogP contribution in [0.3, 0.4) is 0 Å². The largest absolute Gasteiger partial charge is 0.326 e. The maximum Gasteiger partial charge on any atom is 0.243 e. The number of carbonyl (C=O) groups is 1. The lowest BCUT2D eigenvalue weighted by atomic mass is 10.1. The summed E-state index contributed by atoms with van der Waals surface area (Å²) in [5.74, 6) is -0.204. The Morgan fingerprint density at radius 1 is 1.03 bits per heavy atom. The summed E-state index contributed by atoms with van der Waals surface area (Å²) in [6, 6.07) is 20.1. The smallest absolute Gasteiger partial charge is 0.243 e. The van der Waals surface area contributed by atoms with Gasteiger partial charge < -0.3 is 5.32 Å². The van der Waals surface area contributed by atoms with Gasteiger partial charge in [-0.3, -0.25) is 9.78 Å². The molecule has 0 fully saturated rings. The maximum atomic E-state index is 13.5. The first-order chi connectivity index (χ1) is 14.4. The fourth-order valence-corrected chi connectivity index (χ4v) is 4.83. The lowest BCUT2D eigenvalue weighted by molar-refractivity contribution is -0.114. The van der Waals surface area contributed by atoms with E-state index in [1.807, 2.05) is 42.5 Å². The highest BCUT2D eigenvalue weighted by Gasteiger charge is 2.26. The molecule has 7 heteroatoms. The van der Waals surface area contributed by atoms with Crippen LogP contribution in [-0.2, 0) is 27.8 Å². The molecule has 0 radical (unpaired) electrons. The first-order valence-electron chi connectivity index (χ1n) is 9.68. The van der Waals surface area contributed by atoms with E-state index in [2.05, 4.69) is 10.3 Å². The number of sulfonamides is 1. The van der Waals surface area contributed by atoms with Gasteiger partial charge in [0.2, 0.25) is 15.9 Å². The Hall–Kier alpha value is -3.03. The van der Waals surface area contributed by atoms with Gasteiger partial charge in [-0.15, -0.1) is 0 Å². The third-order valence-corrected chi connectivity index (χ3v) is 6.68. The van der Waals surface area contributed by atoms with Gasteiger partial charge in [-0.1, -0.05) is 36.4 Å². The Morgan fingerprint density at radius 3 is 2.40 bits per heavy atom. The number of amides is 1. The summed E-state index contributed by atoms with van der Waals surface area (Å²) in [5, 5.41) is 2.68. The molecule has 0 saturated heterocycles. The second-order valence-corrected chi connectivity index (χ2v) is 8.96. The summed E-state index contributed by atoms with van der Waals surface area (Å²) in [4.78, 5) is 15.8. The standard InChI is InChI=1S/C23H25N3O3S/c1-18-16-21(25-19(2)27)11-12-23(18)30(28,29)26(17-22-10-6-7-14-24-22)15-13-20-8-4-3-5-9-20/h3-12,14,16H,13,15,17H2,1-2H3,(H,25,27). The number of nitrogens with one attached hydrogen (secondary N) is 1. The van der Waals surface area contributed by atoms with Crippen molar-refractivity contribution in [3.05, 3.63) is 89.7 Å². The van der Waals surface area contributed by atoms with Crippen LogP contribution >= 0.6 is 0 Å². The molecule has 0 aliphatic heterocycles. The summed E-state index contributed by atoms with van der Waals surface area (Å²) in [7, 11) is -3.76. The average molecular weight is 424 g/mol. The van der Waals surface area contributed by atoms with E-state index in [-0.39, 0.29) is 17.3 Å². The molecular weight excluding hydrogens is 398 g/mol. The number of anilines is 1. The van der Waals surface area contributed by atoms with Crippen molar-refractivity contribution in [1.29, 1.82) is 0 Å². The predicted molar refractivity (Wildman–Crippen MR) is 117 cm³/mol. The van der Waals surface area contributed by atoms with Crippen LogP contribution in [0.15, 0.2) is 77.8 Å². The molecule has 0 bridgehead atoms. The van der Waals surface area contributed by atoms with Crippen LogP contribution in [0, 0.1) is 6.92 Å². The zero-order valence-electron chi connectivity index (χ0n) is 17.1. The van der Waals surface area contributed by atoms with Gasteiger partial charge in [0.1, 0.15) is 0 Å². The number of hydrogen-bond acceptors (Lipinski definition) is 4. The molecule has 0 unspecified atom stereocenters. The first-order valence-corrected chi connectivity index (χ1v) is 11.1. The second kappa shape index (κ2) is 9.65. The fraction of sp³-hybridized carbons (Fsp3) is 0.217. The number of rotatable bonds is 8. The summed E-state index contributed by atoms with van der Waals surface area (Å²) in [6.07, 6.45) is 2.25. The normalized spacial score (nSPS) is 11.4. The van der Waals surface area contributed by atoms with E-state index in [1.165, 1.54) is 11.2 Å². The van der Waals surface area contributed by atoms with Gasteiger partial charge >= 0.3 is 0 Å². The van der Waals surface area contributed by atoms with Crippen molar-refractivity contribution >= 4 is 21.6 Å². The first kappa shape index (κ1) is 21.7. The van der Waals surface area contributed by atoms with E-state index in [0.717, 1.165) is 5.56 Å². The van der Waals surface area contributed by atoms with Crippen molar-refractivity contribution in [2.75, 3.05) is 11.9 Å². The highest BCUT2D eigenvalue weighted by atomic mass is 32.2. The van der Waals surface area contributed by atoms with Crippen LogP contribution in [0.2, 0.25) is 0 Å². The van der Waals surface area contributed by atoms with Crippen LogP contribution in [0.4, 0.5) is 5.69 Å². The van der Waals surface area contributed by atoms with Crippen LogP contribution in [0.5, 0.6) is 0 Å². The van der Waals surface area contributed by atoms with Gasteiger partial charge in [0.05, 0.1) is 17.1 Å². The van der Waals surface area contributed by atoms with Crippen molar-refractivity contribution in [2.45, 2.75) is 31.7 Å². The Balaban J connectivity index is 1.91. The van der Waals surface area contributed by atoms with Crippen LogP contribution in [0.1, 0.15) is 23.7 Å². The number of aromatic nitrogens is 1. The topological polar surface area (TPSA) is 79.4 Å². The molecule has 3 aromatic rings. The highest BCUT2D eigenvalue weighted by Crippen LogP contribution is 2.24. The van der Waals surface area contributed by atoms with E-state index >= 15 is 0 Å². The highest BCUT2D eigenvalue weighted by molar-refractivity contribution is 7.89. The number of pyridine rings is 1. The number of aryl methyl sites for hydroxylation is 1. The molecule has 3 rings (SSSR count). The van der Waals surface area contributed by atoms with Gasteiger partial charge in [-0.25, -0.2) is 8.42 Å². The van der Waals surface area contributed by atoms with Crippen molar-refractivity contribution in [2.24, 2.45) is 0 Å². The maximum absolute atomic E-state index is 13.5. The molecule has 30 heavy (non-hydrogen) atoms. The summed E-state index contributed by atoms with van der Waals surface area (Å²) >= 11 is 0. The monoisotopic (exact) mass is 423 g/mol. The minimum Gasteiger partial charge on any atom is -0.326 e. The van der Waals surface area contributed by atoms with Gasteiger partial charge in [-0.05, 0) is 54.8 Å². The number of benzene rings is 2. The quantitative estimate of drug-likeness (QED) is 0.598. The molecule has 0 spiro atoms. The van der Waals surface area contributed by atoms with E-state index in [0.29, 0.717) is 29.9 Å². The molecule has 0 aliphatic carbocycles. The number of nitrogens with zero attached hydrogens (tertiary/aromatic N) is 2. The molecule has 0 aliphatic rings. The molecule has 0 saturated carbocycles. The second-order valence-electron chi connectivity index (χ2n) is 7.06. The van der Waals surface area contributed by atoms with Crippen LogP contribution in [0.25, 0.3) is 0 Å². The fourth-order valence-electron chi connectivity index (χ4n) is 3.21. The summed E-state index contributed by atoms with van der Waals surface area (Å²) in [6.45, 7) is 3.66. The lowest BCUT2D eigenvalue weighted by Crippen LogP contribution is -2.33. The lowest BCUT2D eigenvalue weighted by Gasteiger charge is -2.23. The minimum absolute atomic E-state index is 0.183. The summed E-state index contributed by atoms with van der Waals surface area (Å²) in [5.41, 5.74) is 2.89. The molecule has 156 valence electrons. The van der Waals surface area contributed by atoms with E-state index in [9.17, 15) is 13.2 Å². The Morgan fingerprint density at radius 2 is 1.77 bits per heavy atom. The molecular formula is C23H25N3O3S. The predicted octanol–water partition coefficient (Wildman–Crippen LogP) is 3.78. The van der Waals surface area contributed by atoms with Gasteiger partial charge in [-0.2, -0.15) is 4.31 Å². The molecule has 1 heterocycles. The zero-order valence-corrected chi connectivity index (χ0v) is 17.9. The molecule has 1 N–H and O–H groups in total. The van der Waals surface area contributed by atoms with Gasteiger partial charge in [0, 0.05) is 25.4 Å². The third-order valence-electron chi connectivity index (χ3n) is 4.67. The van der Waals surface area contributed by atoms with Crippen LogP contribution in [-0.4, -0.2) is 30.2 Å². The van der Waals surface area contributed by atoms with Crippen LogP contribution < -0.4 is 5.32 Å². The van der Waals surface area contributed by atoms with E-state index < -0.39 is 10.0 Å². The summed E-state index contributed by atoms with van der Waals surface area (Å²) < 4.78 is 28.5. The Kier molecular flexibility index (Phi) is 6.97. The SMILES string of the molecule is CC(=O)Nc1ccc(S(=O)(=O)N(CCc2ccccc2)Cc2ccccn2)c(C)c1.